The second kappa shape index (κ2) is 8.55. The van der Waals surface area contributed by atoms with Gasteiger partial charge in [0.05, 0.1) is 12.5 Å². The molecule has 0 saturated heterocycles. The molecule has 9 nitrogen and oxygen atoms in total. The summed E-state index contributed by atoms with van der Waals surface area (Å²) in [6.07, 6.45) is 6.56. The lowest BCUT2D eigenvalue weighted by Gasteiger charge is -2.40. The van der Waals surface area contributed by atoms with Crippen LogP contribution < -0.4 is 14.5 Å². The van der Waals surface area contributed by atoms with Gasteiger partial charge in [0.15, 0.2) is 5.82 Å². The first-order valence-electron chi connectivity index (χ1n) is 10.5. The van der Waals surface area contributed by atoms with Crippen LogP contribution in [0.1, 0.15) is 46.5 Å². The summed E-state index contributed by atoms with van der Waals surface area (Å²) in [5.74, 6) is -1.11. The Hall–Kier alpha value is -2.18. The molecule has 0 radical (unpaired) electrons. The molecule has 0 bridgehead atoms. The fourth-order valence-electron chi connectivity index (χ4n) is 4.34. The van der Waals surface area contributed by atoms with Gasteiger partial charge in [-0.1, -0.05) is 20.8 Å². The van der Waals surface area contributed by atoms with Crippen LogP contribution in [-0.2, 0) is 29.7 Å². The molecule has 184 valence electrons. The maximum atomic E-state index is 14.6. The lowest BCUT2D eigenvalue weighted by molar-refractivity contribution is -0.115. The van der Waals surface area contributed by atoms with Gasteiger partial charge in [-0.15, -0.1) is 0 Å². The first kappa shape index (κ1) is 25.4. The topological polar surface area (TPSA) is 122 Å². The van der Waals surface area contributed by atoms with E-state index in [1.807, 2.05) is 0 Å². The van der Waals surface area contributed by atoms with Crippen molar-refractivity contribution in [1.82, 2.24) is 5.48 Å². The number of carbonyl (C=O) groups is 1. The number of halogens is 1. The van der Waals surface area contributed by atoms with Gasteiger partial charge in [-0.05, 0) is 61.3 Å². The first-order valence-corrected chi connectivity index (χ1v) is 14.2. The highest BCUT2D eigenvalue weighted by Crippen LogP contribution is 2.44. The third kappa shape index (κ3) is 5.67. The summed E-state index contributed by atoms with van der Waals surface area (Å²) >= 11 is 0. The van der Waals surface area contributed by atoms with Gasteiger partial charge >= 0.3 is 0 Å². The van der Waals surface area contributed by atoms with Gasteiger partial charge in [-0.25, -0.2) is 21.2 Å². The molecule has 2 aliphatic rings. The zero-order valence-electron chi connectivity index (χ0n) is 19.3. The molecule has 0 aromatic heterocycles. The van der Waals surface area contributed by atoms with Crippen LogP contribution >= 0.6 is 0 Å². The summed E-state index contributed by atoms with van der Waals surface area (Å²) in [6.45, 7) is 6.65. The fourth-order valence-corrected chi connectivity index (χ4v) is 7.32. The predicted octanol–water partition coefficient (Wildman–Crippen LogP) is 2.88. The maximum Gasteiger partial charge on any atom is 0.273 e. The molecule has 1 fully saturated rings. The Morgan fingerprint density at radius 2 is 1.73 bits per heavy atom. The third-order valence-corrected chi connectivity index (χ3v) is 9.30. The van der Waals surface area contributed by atoms with Gasteiger partial charge in [-0.3, -0.25) is 15.1 Å². The number of sulfonamides is 2. The van der Waals surface area contributed by atoms with Gasteiger partial charge < -0.3 is 5.32 Å². The molecular formula is C21H30FN3O6S2. The molecule has 1 heterocycles. The highest BCUT2D eigenvalue weighted by molar-refractivity contribution is 8.09. The average molecular weight is 504 g/mol. The quantitative estimate of drug-likeness (QED) is 0.634. The summed E-state index contributed by atoms with van der Waals surface area (Å²) in [7, 11) is -8.59. The van der Waals surface area contributed by atoms with Gasteiger partial charge in [-0.2, -0.15) is 3.71 Å². The molecule has 1 aliphatic heterocycles. The Morgan fingerprint density at radius 1 is 1.15 bits per heavy atom. The molecule has 1 aliphatic carbocycles. The number of nitrogens with zero attached hydrogens (tertiary/aromatic N) is 1. The summed E-state index contributed by atoms with van der Waals surface area (Å²) in [5.41, 5.74) is 1.88. The van der Waals surface area contributed by atoms with Crippen molar-refractivity contribution >= 4 is 37.3 Å². The van der Waals surface area contributed by atoms with Crippen molar-refractivity contribution in [2.45, 2.75) is 52.1 Å². The van der Waals surface area contributed by atoms with Crippen LogP contribution in [0.3, 0.4) is 0 Å². The van der Waals surface area contributed by atoms with E-state index in [9.17, 15) is 26.0 Å². The molecule has 0 atom stereocenters. The number of nitrogens with one attached hydrogen (secondary N) is 2. The lowest BCUT2D eigenvalue weighted by atomic mass is 9.68. The second-order valence-electron chi connectivity index (χ2n) is 9.81. The minimum absolute atomic E-state index is 0.00745. The normalized spacial score (nSPS) is 23.7. The van der Waals surface area contributed by atoms with Gasteiger partial charge in [0.2, 0.25) is 20.0 Å². The van der Waals surface area contributed by atoms with Gasteiger partial charge in [0.1, 0.15) is 17.0 Å². The van der Waals surface area contributed by atoms with Crippen molar-refractivity contribution in [3.63, 3.8) is 0 Å². The van der Waals surface area contributed by atoms with Crippen molar-refractivity contribution in [1.29, 1.82) is 0 Å². The first-order chi connectivity index (χ1) is 15.0. The van der Waals surface area contributed by atoms with Crippen LogP contribution in [0, 0.1) is 17.2 Å². The van der Waals surface area contributed by atoms with E-state index in [0.717, 1.165) is 37.8 Å². The third-order valence-electron chi connectivity index (χ3n) is 6.08. The molecule has 1 amide bonds. The lowest BCUT2D eigenvalue weighted by Crippen LogP contribution is -2.37. The number of hydrogen-bond donors (Lipinski definition) is 2. The molecule has 0 unspecified atom stereocenters. The Kier molecular flexibility index (Phi) is 6.59. The summed E-state index contributed by atoms with van der Waals surface area (Å²) in [4.78, 5) is 18.4. The van der Waals surface area contributed by atoms with Crippen LogP contribution in [0.5, 0.6) is 0 Å². The zero-order chi connectivity index (χ0) is 24.8. The minimum atomic E-state index is -4.29. The largest absolute Gasteiger partial charge is 0.321 e. The molecule has 33 heavy (non-hydrogen) atoms. The number of amides is 1. The van der Waals surface area contributed by atoms with Crippen LogP contribution in [0.15, 0.2) is 30.0 Å². The van der Waals surface area contributed by atoms with Crippen LogP contribution in [-0.4, -0.2) is 40.9 Å². The molecule has 1 aromatic carbocycles. The van der Waals surface area contributed by atoms with Crippen LogP contribution in [0.4, 0.5) is 15.8 Å². The Morgan fingerprint density at radius 3 is 2.21 bits per heavy atom. The Labute approximate surface area is 194 Å². The van der Waals surface area contributed by atoms with E-state index < -0.39 is 43.1 Å². The number of hydroxylamine groups is 1. The smallest absolute Gasteiger partial charge is 0.273 e. The van der Waals surface area contributed by atoms with E-state index in [2.05, 4.69) is 31.6 Å². The van der Waals surface area contributed by atoms with Crippen molar-refractivity contribution < 1.29 is 30.9 Å². The number of benzene rings is 1. The SMILES string of the molecule is CC(C)(C)C1CCC2(C=C(C(=O)Nc3ccc(N(S(C)(=O)=O)S(C)(=O)=O)c(F)c3)NO2)CC1. The molecule has 1 saturated carbocycles. The van der Waals surface area contributed by atoms with Crippen molar-refractivity contribution in [2.75, 3.05) is 21.5 Å². The number of hydrogen-bond acceptors (Lipinski definition) is 7. The summed E-state index contributed by atoms with van der Waals surface area (Å²) < 4.78 is 62.1. The van der Waals surface area contributed by atoms with Crippen molar-refractivity contribution in [2.24, 2.45) is 11.3 Å². The standard InChI is InChI=1S/C21H30FN3O6S2/c1-20(2,3)14-8-10-21(11-9-14)13-17(24-31-21)19(26)23-15-6-7-18(16(22)12-15)25(32(4,27)28)33(5,29)30/h6-7,12-14,24H,8-11H2,1-5H3,(H,23,26). The Bertz CT molecular complexity index is 1150. The molecule has 1 aromatic rings. The monoisotopic (exact) mass is 503 g/mol. The minimum Gasteiger partial charge on any atom is -0.321 e. The number of rotatable bonds is 5. The zero-order valence-corrected chi connectivity index (χ0v) is 20.9. The summed E-state index contributed by atoms with van der Waals surface area (Å²) in [5, 5.41) is 2.52. The predicted molar refractivity (Wildman–Crippen MR) is 124 cm³/mol. The van der Waals surface area contributed by atoms with Crippen molar-refractivity contribution in [3.05, 3.63) is 35.8 Å². The van der Waals surface area contributed by atoms with Crippen LogP contribution in [0.25, 0.3) is 0 Å². The molecule has 1 spiro atoms. The molecular weight excluding hydrogens is 473 g/mol. The van der Waals surface area contributed by atoms with E-state index in [4.69, 9.17) is 4.84 Å². The maximum absolute atomic E-state index is 14.6. The fraction of sp³-hybridized carbons (Fsp3) is 0.571. The highest BCUT2D eigenvalue weighted by atomic mass is 32.3. The van der Waals surface area contributed by atoms with Crippen molar-refractivity contribution in [3.8, 4) is 0 Å². The second-order valence-corrected chi connectivity index (χ2v) is 13.7. The molecule has 3 rings (SSSR count). The van der Waals surface area contributed by atoms with E-state index in [0.29, 0.717) is 18.4 Å². The number of anilines is 2. The average Bonchev–Trinajstić information content (AvgIpc) is 3.05. The van der Waals surface area contributed by atoms with Gasteiger partial charge in [0.25, 0.3) is 5.91 Å². The van der Waals surface area contributed by atoms with E-state index in [1.54, 1.807) is 6.08 Å². The van der Waals surface area contributed by atoms with Crippen LogP contribution in [0.2, 0.25) is 0 Å². The van der Waals surface area contributed by atoms with E-state index in [1.165, 1.54) is 6.07 Å². The molecule has 12 heteroatoms. The van der Waals surface area contributed by atoms with Gasteiger partial charge in [0, 0.05) is 5.69 Å². The highest BCUT2D eigenvalue weighted by Gasteiger charge is 2.42. The number of carbonyl (C=O) groups excluding carboxylic acids is 1. The molecule has 2 N–H and O–H groups in total. The Balaban J connectivity index is 1.74. The van der Waals surface area contributed by atoms with E-state index in [-0.39, 0.29) is 20.5 Å². The summed E-state index contributed by atoms with van der Waals surface area (Å²) in [6, 6.07) is 3.06. The van der Waals surface area contributed by atoms with E-state index >= 15 is 0 Å².